The molecule has 0 atom stereocenters. The molecule has 3 rings (SSSR count). The molecule has 3 N–H and O–H groups in total. The summed E-state index contributed by atoms with van der Waals surface area (Å²) >= 11 is 13.2. The molecule has 0 saturated carbocycles. The number of rotatable bonds is 7. The average Bonchev–Trinajstić information content (AvgIpc) is 3.04. The first kappa shape index (κ1) is 19.2. The summed E-state index contributed by atoms with van der Waals surface area (Å²) in [6.45, 7) is 0. The number of nitrogens with zero attached hydrogens (tertiary/aromatic N) is 4. The van der Waals surface area contributed by atoms with E-state index >= 15 is 0 Å². The molecule has 0 spiro atoms. The largest absolute Gasteiger partial charge is 0.334 e. The van der Waals surface area contributed by atoms with Gasteiger partial charge in [0.25, 0.3) is 5.95 Å². The number of benzene rings is 2. The van der Waals surface area contributed by atoms with E-state index in [0.29, 0.717) is 26.3 Å². The molecule has 0 fully saturated rings. The van der Waals surface area contributed by atoms with Gasteiger partial charge in [-0.3, -0.25) is 4.79 Å². The van der Waals surface area contributed by atoms with Crippen molar-refractivity contribution in [3.8, 4) is 0 Å². The second-order valence-electron chi connectivity index (χ2n) is 5.27. The van der Waals surface area contributed by atoms with Crippen molar-refractivity contribution in [1.29, 1.82) is 0 Å². The monoisotopic (exact) mass is 420 g/mol. The molecule has 0 radical (unpaired) electrons. The number of anilines is 1. The lowest BCUT2D eigenvalue weighted by Crippen LogP contribution is -2.14. The number of ketones is 1. The topological polar surface area (TPSA) is 98.2 Å². The third kappa shape index (κ3) is 4.79. The Morgan fingerprint density at radius 1 is 1.19 bits per heavy atom. The predicted octanol–water partition coefficient (Wildman–Crippen LogP) is 3.72. The third-order valence-electron chi connectivity index (χ3n) is 3.44. The molecule has 0 bridgehead atoms. The van der Waals surface area contributed by atoms with Crippen LogP contribution in [0.5, 0.6) is 0 Å². The van der Waals surface area contributed by atoms with Gasteiger partial charge in [0.1, 0.15) is 0 Å². The molecule has 0 amide bonds. The van der Waals surface area contributed by atoms with Crippen LogP contribution in [0, 0.1) is 0 Å². The van der Waals surface area contributed by atoms with Gasteiger partial charge in [0.2, 0.25) is 5.16 Å². The van der Waals surface area contributed by atoms with Gasteiger partial charge in [-0.25, -0.2) is 10.1 Å². The van der Waals surface area contributed by atoms with Crippen LogP contribution in [-0.2, 0) is 0 Å². The molecule has 3 aromatic rings. The molecule has 27 heavy (non-hydrogen) atoms. The van der Waals surface area contributed by atoms with Crippen LogP contribution in [-0.4, -0.2) is 32.6 Å². The normalized spacial score (nSPS) is 11.0. The number of nitrogens with one attached hydrogen (secondary N) is 1. The third-order valence-corrected chi connectivity index (χ3v) is 5.22. The molecule has 2 aromatic carbocycles. The Hall–Kier alpha value is -2.55. The molecule has 138 valence electrons. The number of carbonyl (C=O) groups is 1. The van der Waals surface area contributed by atoms with Crippen molar-refractivity contribution in [1.82, 2.24) is 14.9 Å². The molecule has 7 nitrogen and oxygen atoms in total. The number of nitrogen functional groups attached to an aromatic ring is 1. The van der Waals surface area contributed by atoms with Crippen molar-refractivity contribution in [2.45, 2.75) is 5.16 Å². The van der Waals surface area contributed by atoms with Crippen LogP contribution < -0.4 is 11.3 Å². The summed E-state index contributed by atoms with van der Waals surface area (Å²) in [4.78, 5) is 12.1. The van der Waals surface area contributed by atoms with E-state index in [2.05, 4.69) is 20.7 Å². The first-order valence-electron chi connectivity index (χ1n) is 7.71. The number of halogens is 2. The molecule has 0 aliphatic heterocycles. The Morgan fingerprint density at radius 2 is 1.96 bits per heavy atom. The van der Waals surface area contributed by atoms with E-state index in [4.69, 9.17) is 29.0 Å². The van der Waals surface area contributed by atoms with Crippen molar-refractivity contribution >= 4 is 52.9 Å². The molecule has 0 aliphatic rings. The summed E-state index contributed by atoms with van der Waals surface area (Å²) in [5.74, 6) is 6.33. The fraction of sp³-hybridized carbons (Fsp3) is 0.0588. The molecular weight excluding hydrogens is 407 g/mol. The van der Waals surface area contributed by atoms with Crippen LogP contribution in [0.1, 0.15) is 15.9 Å². The van der Waals surface area contributed by atoms with Crippen molar-refractivity contribution in [3.05, 3.63) is 69.7 Å². The van der Waals surface area contributed by atoms with Crippen LogP contribution in [0.4, 0.5) is 5.95 Å². The predicted molar refractivity (Wildman–Crippen MR) is 109 cm³/mol. The lowest BCUT2D eigenvalue weighted by atomic mass is 10.2. The van der Waals surface area contributed by atoms with E-state index in [1.54, 1.807) is 30.3 Å². The lowest BCUT2D eigenvalue weighted by Gasteiger charge is -2.03. The number of hydrazone groups is 1. The molecule has 10 heteroatoms. The number of nitrogens with two attached hydrogens (primary N) is 1. The molecule has 1 aromatic heterocycles. The fourth-order valence-electron chi connectivity index (χ4n) is 2.07. The number of Topliss-reactive ketones (excluding diaryl/α,β-unsaturated/α-hetero) is 1. The van der Waals surface area contributed by atoms with Crippen molar-refractivity contribution < 1.29 is 4.79 Å². The zero-order valence-electron chi connectivity index (χ0n) is 13.8. The quantitative estimate of drug-likeness (QED) is 0.198. The van der Waals surface area contributed by atoms with E-state index in [-0.39, 0.29) is 17.5 Å². The minimum Gasteiger partial charge on any atom is -0.334 e. The van der Waals surface area contributed by atoms with Gasteiger partial charge < -0.3 is 5.84 Å². The second kappa shape index (κ2) is 8.90. The van der Waals surface area contributed by atoms with E-state index in [1.807, 2.05) is 18.2 Å². The summed E-state index contributed by atoms with van der Waals surface area (Å²) < 4.78 is 1.22. The summed E-state index contributed by atoms with van der Waals surface area (Å²) in [5, 5.41) is 13.1. The maximum atomic E-state index is 12.1. The number of thioether (sulfide) groups is 1. The smallest absolute Gasteiger partial charge is 0.264 e. The van der Waals surface area contributed by atoms with Gasteiger partial charge in [-0.05, 0) is 6.07 Å². The number of carbonyl (C=O) groups excluding carboxylic acids is 1. The summed E-state index contributed by atoms with van der Waals surface area (Å²) in [5.41, 5.74) is 3.96. The molecular formula is C17H14Cl2N6OS. The second-order valence-corrected chi connectivity index (χ2v) is 6.99. The van der Waals surface area contributed by atoms with Crippen LogP contribution >= 0.6 is 35.0 Å². The van der Waals surface area contributed by atoms with Crippen LogP contribution in [0.25, 0.3) is 0 Å². The van der Waals surface area contributed by atoms with Gasteiger partial charge in [0, 0.05) is 11.1 Å². The van der Waals surface area contributed by atoms with E-state index in [0.717, 1.165) is 0 Å². The summed E-state index contributed by atoms with van der Waals surface area (Å²) in [7, 11) is 0. The van der Waals surface area contributed by atoms with Gasteiger partial charge >= 0.3 is 0 Å². The summed E-state index contributed by atoms with van der Waals surface area (Å²) in [6, 6.07) is 14.2. The zero-order valence-corrected chi connectivity index (χ0v) is 16.2. The maximum absolute atomic E-state index is 12.1. The van der Waals surface area contributed by atoms with E-state index in [9.17, 15) is 4.79 Å². The van der Waals surface area contributed by atoms with E-state index in [1.165, 1.54) is 22.7 Å². The Bertz CT molecular complexity index is 977. The van der Waals surface area contributed by atoms with Gasteiger partial charge in [-0.15, -0.1) is 10.2 Å². The summed E-state index contributed by atoms with van der Waals surface area (Å²) in [6.07, 6.45) is 1.49. The minimum absolute atomic E-state index is 0.0215. The SMILES string of the molecule is Nn1c(N/N=C/c2cccc(Cl)c2Cl)nnc1SCC(=O)c1ccccc1. The number of hydrogen-bond donors (Lipinski definition) is 2. The Kier molecular flexibility index (Phi) is 6.33. The molecule has 0 saturated heterocycles. The highest BCUT2D eigenvalue weighted by atomic mass is 35.5. The van der Waals surface area contributed by atoms with Crippen molar-refractivity contribution in [2.24, 2.45) is 5.10 Å². The maximum Gasteiger partial charge on any atom is 0.264 e. The Balaban J connectivity index is 1.61. The van der Waals surface area contributed by atoms with Crippen LogP contribution in [0.2, 0.25) is 10.0 Å². The Morgan fingerprint density at radius 3 is 2.74 bits per heavy atom. The van der Waals surface area contributed by atoms with E-state index < -0.39 is 0 Å². The number of aromatic nitrogens is 3. The first-order chi connectivity index (χ1) is 13.1. The van der Waals surface area contributed by atoms with Crippen molar-refractivity contribution in [2.75, 3.05) is 17.0 Å². The first-order valence-corrected chi connectivity index (χ1v) is 9.45. The highest BCUT2D eigenvalue weighted by molar-refractivity contribution is 7.99. The highest BCUT2D eigenvalue weighted by Crippen LogP contribution is 2.24. The van der Waals surface area contributed by atoms with Crippen molar-refractivity contribution in [3.63, 3.8) is 0 Å². The van der Waals surface area contributed by atoms with Gasteiger partial charge in [0.05, 0.1) is 22.0 Å². The standard InChI is InChI=1S/C17H14Cl2N6OS/c18-13-8-4-7-12(15(13)19)9-21-22-16-23-24-17(25(16)20)27-10-14(26)11-5-2-1-3-6-11/h1-9H,10,20H2,(H,22,23)/b21-9+. The number of hydrogen-bond acceptors (Lipinski definition) is 7. The Labute approximate surface area is 169 Å². The lowest BCUT2D eigenvalue weighted by molar-refractivity contribution is 0.102. The van der Waals surface area contributed by atoms with Crippen LogP contribution in [0.15, 0.2) is 58.8 Å². The highest BCUT2D eigenvalue weighted by Gasteiger charge is 2.13. The van der Waals surface area contributed by atoms with Gasteiger partial charge in [0.15, 0.2) is 5.78 Å². The van der Waals surface area contributed by atoms with Gasteiger partial charge in [-0.2, -0.15) is 5.10 Å². The minimum atomic E-state index is -0.0215. The molecule has 0 aliphatic carbocycles. The van der Waals surface area contributed by atoms with Crippen LogP contribution in [0.3, 0.4) is 0 Å². The molecule has 1 heterocycles. The van der Waals surface area contributed by atoms with Gasteiger partial charge in [-0.1, -0.05) is 77.4 Å². The zero-order chi connectivity index (χ0) is 19.2. The average molecular weight is 421 g/mol. The fourth-order valence-corrected chi connectivity index (χ4v) is 3.18. The molecule has 0 unspecified atom stereocenters.